The first kappa shape index (κ1) is 18.7. The summed E-state index contributed by atoms with van der Waals surface area (Å²) in [4.78, 5) is 21.9. The molecule has 0 aliphatic rings. The van der Waals surface area contributed by atoms with Crippen molar-refractivity contribution in [2.24, 2.45) is 0 Å². The van der Waals surface area contributed by atoms with Crippen molar-refractivity contribution in [1.29, 1.82) is 0 Å². The minimum Gasteiger partial charge on any atom is -0.379 e. The van der Waals surface area contributed by atoms with Crippen LogP contribution in [-0.2, 0) is 11.3 Å². The van der Waals surface area contributed by atoms with Gasteiger partial charge >= 0.3 is 0 Å². The summed E-state index contributed by atoms with van der Waals surface area (Å²) in [6.45, 7) is 4.05. The number of hydrogen-bond donors (Lipinski definition) is 2. The Morgan fingerprint density at radius 1 is 1.10 bits per heavy atom. The lowest BCUT2D eigenvalue weighted by Gasteiger charge is -2.10. The molecule has 31 heavy (non-hydrogen) atoms. The molecule has 2 aromatic carbocycles. The van der Waals surface area contributed by atoms with Crippen LogP contribution in [0.2, 0.25) is 0 Å². The number of carbonyl (C=O) groups excluding carboxylic acids is 1. The van der Waals surface area contributed by atoms with E-state index in [1.807, 2.05) is 56.3 Å². The Morgan fingerprint density at radius 3 is 2.74 bits per heavy atom. The zero-order chi connectivity index (χ0) is 21.5. The number of imidazole rings is 1. The van der Waals surface area contributed by atoms with Gasteiger partial charge in [-0.25, -0.2) is 9.61 Å². The van der Waals surface area contributed by atoms with E-state index in [9.17, 15) is 4.79 Å². The molecule has 0 aliphatic carbocycles. The number of aryl methyl sites for hydroxylation is 2. The third-order valence-electron chi connectivity index (χ3n) is 5.28. The van der Waals surface area contributed by atoms with Crippen molar-refractivity contribution < 1.29 is 9.42 Å². The van der Waals surface area contributed by atoms with Crippen LogP contribution in [0.25, 0.3) is 33.5 Å². The molecule has 0 aliphatic heterocycles. The van der Waals surface area contributed by atoms with Crippen molar-refractivity contribution in [3.63, 3.8) is 0 Å². The van der Waals surface area contributed by atoms with Crippen molar-refractivity contribution >= 4 is 39.3 Å². The van der Waals surface area contributed by atoms with Crippen LogP contribution in [0.5, 0.6) is 0 Å². The number of amides is 1. The second-order valence-corrected chi connectivity index (χ2v) is 7.40. The van der Waals surface area contributed by atoms with E-state index < -0.39 is 0 Å². The van der Waals surface area contributed by atoms with E-state index in [-0.39, 0.29) is 18.3 Å². The van der Waals surface area contributed by atoms with Gasteiger partial charge in [-0.2, -0.15) is 0 Å². The maximum atomic E-state index is 13.0. The number of rotatable bonds is 4. The van der Waals surface area contributed by atoms with E-state index in [0.29, 0.717) is 17.2 Å². The number of fused-ring (bicyclic) bond motifs is 2. The highest BCUT2D eigenvalue weighted by Gasteiger charge is 2.21. The van der Waals surface area contributed by atoms with Gasteiger partial charge < -0.3 is 15.6 Å². The molecule has 5 aromatic rings. The number of anilines is 2. The summed E-state index contributed by atoms with van der Waals surface area (Å²) < 4.78 is 6.53. The molecule has 3 N–H and O–H groups in total. The highest BCUT2D eigenvalue weighted by molar-refractivity contribution is 5.95. The SMILES string of the molecule is Cc1cc2nc(-c3nonc3N)n(CC(=O)Nc3ccc4ncccc4c3)c2cc1C. The molecular weight excluding hydrogens is 394 g/mol. The minimum atomic E-state index is -0.211. The Labute approximate surface area is 176 Å². The third-order valence-corrected chi connectivity index (χ3v) is 5.28. The Balaban J connectivity index is 1.53. The van der Waals surface area contributed by atoms with Gasteiger partial charge in [-0.3, -0.25) is 9.78 Å². The molecule has 0 saturated heterocycles. The van der Waals surface area contributed by atoms with E-state index in [2.05, 4.69) is 25.6 Å². The van der Waals surface area contributed by atoms with E-state index in [1.165, 1.54) is 0 Å². The van der Waals surface area contributed by atoms with Crippen LogP contribution in [0, 0.1) is 13.8 Å². The van der Waals surface area contributed by atoms with Gasteiger partial charge in [0.05, 0.1) is 16.6 Å². The molecule has 9 nitrogen and oxygen atoms in total. The predicted molar refractivity (Wildman–Crippen MR) is 117 cm³/mol. The summed E-state index contributed by atoms with van der Waals surface area (Å²) in [5.41, 5.74) is 11.5. The van der Waals surface area contributed by atoms with Crippen LogP contribution < -0.4 is 11.1 Å². The molecule has 1 amide bonds. The molecule has 0 radical (unpaired) electrons. The number of benzene rings is 2. The summed E-state index contributed by atoms with van der Waals surface area (Å²) in [6.07, 6.45) is 1.74. The summed E-state index contributed by atoms with van der Waals surface area (Å²) in [7, 11) is 0. The fraction of sp³-hybridized carbons (Fsp3) is 0.136. The topological polar surface area (TPSA) is 125 Å². The molecule has 0 bridgehead atoms. The van der Waals surface area contributed by atoms with Gasteiger partial charge in [-0.05, 0) is 71.7 Å². The number of pyridine rings is 1. The summed E-state index contributed by atoms with van der Waals surface area (Å²) in [5, 5.41) is 11.4. The zero-order valence-electron chi connectivity index (χ0n) is 17.0. The van der Waals surface area contributed by atoms with Crippen LogP contribution in [0.3, 0.4) is 0 Å². The number of nitrogens with zero attached hydrogens (tertiary/aromatic N) is 5. The quantitative estimate of drug-likeness (QED) is 0.462. The second-order valence-electron chi connectivity index (χ2n) is 7.40. The lowest BCUT2D eigenvalue weighted by atomic mass is 10.1. The smallest absolute Gasteiger partial charge is 0.244 e. The normalized spacial score (nSPS) is 11.3. The molecular formula is C22H19N7O2. The first-order valence-corrected chi connectivity index (χ1v) is 9.70. The van der Waals surface area contributed by atoms with E-state index in [0.717, 1.165) is 33.1 Å². The van der Waals surface area contributed by atoms with Gasteiger partial charge in [-0.1, -0.05) is 6.07 Å². The number of nitrogen functional groups attached to an aromatic ring is 1. The average Bonchev–Trinajstić information content (AvgIpc) is 3.31. The molecule has 5 rings (SSSR count). The molecule has 0 unspecified atom stereocenters. The fourth-order valence-corrected chi connectivity index (χ4v) is 3.57. The van der Waals surface area contributed by atoms with E-state index in [4.69, 9.17) is 10.4 Å². The Morgan fingerprint density at radius 2 is 1.94 bits per heavy atom. The maximum Gasteiger partial charge on any atom is 0.244 e. The standard InChI is InChI=1S/C22H19N7O2/c1-12-8-17-18(9-13(12)2)29(22(26-17)20-21(23)28-31-27-20)11-19(30)25-15-5-6-16-14(10-15)4-3-7-24-16/h3-10H,11H2,1-2H3,(H2,23,28)(H,25,30). The molecule has 0 spiro atoms. The fourth-order valence-electron chi connectivity index (χ4n) is 3.57. The van der Waals surface area contributed by atoms with Crippen molar-refractivity contribution in [3.8, 4) is 11.5 Å². The lowest BCUT2D eigenvalue weighted by molar-refractivity contribution is -0.116. The average molecular weight is 413 g/mol. The number of carbonyl (C=O) groups is 1. The van der Waals surface area contributed by atoms with Crippen LogP contribution >= 0.6 is 0 Å². The van der Waals surface area contributed by atoms with Crippen LogP contribution in [0.15, 0.2) is 53.3 Å². The van der Waals surface area contributed by atoms with Crippen molar-refractivity contribution in [2.45, 2.75) is 20.4 Å². The molecule has 0 saturated carbocycles. The first-order chi connectivity index (χ1) is 15.0. The largest absolute Gasteiger partial charge is 0.379 e. The second kappa shape index (κ2) is 7.21. The third kappa shape index (κ3) is 3.35. The van der Waals surface area contributed by atoms with Gasteiger partial charge in [0.1, 0.15) is 6.54 Å². The van der Waals surface area contributed by atoms with Crippen LogP contribution in [0.4, 0.5) is 11.5 Å². The number of hydrogen-bond acceptors (Lipinski definition) is 7. The number of nitrogens with two attached hydrogens (primary N) is 1. The van der Waals surface area contributed by atoms with Crippen LogP contribution in [0.1, 0.15) is 11.1 Å². The zero-order valence-corrected chi connectivity index (χ0v) is 17.0. The molecule has 3 aromatic heterocycles. The van der Waals surface area contributed by atoms with Gasteiger partial charge in [0.2, 0.25) is 5.91 Å². The monoisotopic (exact) mass is 413 g/mol. The number of nitrogens with one attached hydrogen (secondary N) is 1. The predicted octanol–water partition coefficient (Wildman–Crippen LogP) is 3.47. The van der Waals surface area contributed by atoms with Crippen LogP contribution in [-0.4, -0.2) is 30.8 Å². The van der Waals surface area contributed by atoms with E-state index in [1.54, 1.807) is 10.8 Å². The lowest BCUT2D eigenvalue weighted by Crippen LogP contribution is -2.19. The van der Waals surface area contributed by atoms with Crippen molar-refractivity contribution in [2.75, 3.05) is 11.1 Å². The molecule has 3 heterocycles. The first-order valence-electron chi connectivity index (χ1n) is 9.70. The summed E-state index contributed by atoms with van der Waals surface area (Å²) in [5.74, 6) is 0.334. The maximum absolute atomic E-state index is 13.0. The molecule has 0 fully saturated rings. The van der Waals surface area contributed by atoms with Crippen molar-refractivity contribution in [1.82, 2.24) is 24.8 Å². The van der Waals surface area contributed by atoms with Gasteiger partial charge in [0.25, 0.3) is 0 Å². The van der Waals surface area contributed by atoms with Gasteiger partial charge in [-0.15, -0.1) is 0 Å². The molecule has 0 atom stereocenters. The Bertz CT molecular complexity index is 1450. The van der Waals surface area contributed by atoms with Gasteiger partial charge in [0, 0.05) is 17.3 Å². The highest BCUT2D eigenvalue weighted by atomic mass is 16.6. The van der Waals surface area contributed by atoms with E-state index >= 15 is 0 Å². The Hall–Kier alpha value is -4.27. The van der Waals surface area contributed by atoms with Gasteiger partial charge in [0.15, 0.2) is 17.3 Å². The number of aromatic nitrogens is 5. The minimum absolute atomic E-state index is 0.0196. The molecule has 9 heteroatoms. The summed E-state index contributed by atoms with van der Waals surface area (Å²) >= 11 is 0. The summed E-state index contributed by atoms with van der Waals surface area (Å²) in [6, 6.07) is 13.4. The van der Waals surface area contributed by atoms with Crippen molar-refractivity contribution in [3.05, 3.63) is 59.8 Å². The highest BCUT2D eigenvalue weighted by Crippen LogP contribution is 2.28. The Kier molecular flexibility index (Phi) is 4.36. The molecule has 154 valence electrons.